The highest BCUT2D eigenvalue weighted by atomic mass is 16.5. The lowest BCUT2D eigenvalue weighted by Gasteiger charge is -2.26. The Kier molecular flexibility index (Phi) is 12.8. The van der Waals surface area contributed by atoms with Gasteiger partial charge in [-0.1, -0.05) is 24.6 Å². The van der Waals surface area contributed by atoms with Crippen molar-refractivity contribution < 1.29 is 29.6 Å². The number of rotatable bonds is 8. The third kappa shape index (κ3) is 9.70. The lowest BCUT2D eigenvalue weighted by Crippen LogP contribution is -2.30. The molecule has 1 aliphatic carbocycles. The van der Waals surface area contributed by atoms with Gasteiger partial charge in [-0.05, 0) is 76.1 Å². The van der Waals surface area contributed by atoms with Crippen molar-refractivity contribution in [1.29, 1.82) is 0 Å². The maximum atomic E-state index is 9.84. The summed E-state index contributed by atoms with van der Waals surface area (Å²) in [5.74, 6) is 2.46. The van der Waals surface area contributed by atoms with Crippen LogP contribution in [-0.2, 0) is 16.1 Å². The fourth-order valence-electron chi connectivity index (χ4n) is 5.31. The molecule has 2 aliphatic heterocycles. The van der Waals surface area contributed by atoms with Crippen molar-refractivity contribution in [3.63, 3.8) is 0 Å². The number of carbonyl (C=O) groups is 2. The number of aliphatic hydroxyl groups excluding tert-OH is 1. The molecule has 1 aromatic carbocycles. The molecule has 0 bridgehead atoms. The van der Waals surface area contributed by atoms with Crippen LogP contribution in [0.3, 0.4) is 0 Å². The highest BCUT2D eigenvalue weighted by Crippen LogP contribution is 2.38. The number of nitrogens with zero attached hydrogens (tertiary/aromatic N) is 2. The second-order valence-corrected chi connectivity index (χ2v) is 9.12. The van der Waals surface area contributed by atoms with Gasteiger partial charge < -0.3 is 25.0 Å². The van der Waals surface area contributed by atoms with E-state index in [0.717, 1.165) is 51.3 Å². The second kappa shape index (κ2) is 15.6. The quantitative estimate of drug-likeness (QED) is 0.398. The summed E-state index contributed by atoms with van der Waals surface area (Å²) in [5, 5.41) is 23.6. The summed E-state index contributed by atoms with van der Waals surface area (Å²) in [7, 11) is 0. The van der Waals surface area contributed by atoms with E-state index in [1.807, 2.05) is 0 Å². The van der Waals surface area contributed by atoms with Crippen molar-refractivity contribution in [3.8, 4) is 5.75 Å². The third-order valence-corrected chi connectivity index (χ3v) is 6.74. The molecule has 3 atom stereocenters. The Labute approximate surface area is 197 Å². The van der Waals surface area contributed by atoms with E-state index in [-0.39, 0.29) is 19.0 Å². The van der Waals surface area contributed by atoms with Gasteiger partial charge >= 0.3 is 0 Å². The van der Waals surface area contributed by atoms with Crippen molar-refractivity contribution in [2.24, 2.45) is 11.8 Å². The van der Waals surface area contributed by atoms with Gasteiger partial charge in [0.25, 0.3) is 12.9 Å². The van der Waals surface area contributed by atoms with Crippen LogP contribution in [-0.4, -0.2) is 83.5 Å². The van der Waals surface area contributed by atoms with Crippen LogP contribution in [0, 0.1) is 11.8 Å². The van der Waals surface area contributed by atoms with Gasteiger partial charge in [0.1, 0.15) is 5.75 Å². The molecule has 0 amide bonds. The Hall–Kier alpha value is -2.16. The fraction of sp³-hybridized carbons (Fsp3) is 0.680. The smallest absolute Gasteiger partial charge is 0.290 e. The average molecular weight is 465 g/mol. The van der Waals surface area contributed by atoms with Crippen molar-refractivity contribution in [1.82, 2.24) is 9.80 Å². The first-order valence-corrected chi connectivity index (χ1v) is 12.1. The number of hydrogen-bond donors (Lipinski definition) is 3. The number of hydrogen-bond acceptors (Lipinski definition) is 6. The van der Waals surface area contributed by atoms with E-state index in [9.17, 15) is 5.11 Å². The molecule has 8 heteroatoms. The zero-order valence-electron chi connectivity index (χ0n) is 19.6. The molecular weight excluding hydrogens is 424 g/mol. The van der Waals surface area contributed by atoms with Gasteiger partial charge in [-0.25, -0.2) is 0 Å². The Balaban J connectivity index is 0.000000582. The van der Waals surface area contributed by atoms with Crippen molar-refractivity contribution in [2.45, 2.75) is 57.6 Å². The summed E-state index contributed by atoms with van der Waals surface area (Å²) in [6.45, 7) is 7.37. The summed E-state index contributed by atoms with van der Waals surface area (Å²) < 4.78 is 6.16. The van der Waals surface area contributed by atoms with Crippen LogP contribution in [0.1, 0.15) is 50.5 Å². The van der Waals surface area contributed by atoms with E-state index in [0.29, 0.717) is 11.8 Å². The highest BCUT2D eigenvalue weighted by Gasteiger charge is 2.40. The largest absolute Gasteiger partial charge is 0.493 e. The van der Waals surface area contributed by atoms with E-state index in [1.165, 1.54) is 50.9 Å². The lowest BCUT2D eigenvalue weighted by atomic mass is 10.0. The second-order valence-electron chi connectivity index (χ2n) is 9.12. The Morgan fingerprint density at radius 2 is 1.52 bits per heavy atom. The molecule has 1 aromatic rings. The molecule has 1 saturated carbocycles. The number of para-hydroxylation sites is 1. The minimum absolute atomic E-state index is 0.0530. The van der Waals surface area contributed by atoms with Gasteiger partial charge in [-0.2, -0.15) is 0 Å². The number of piperidine rings is 1. The summed E-state index contributed by atoms with van der Waals surface area (Å²) in [6, 6.07) is 8.55. The van der Waals surface area contributed by atoms with Crippen molar-refractivity contribution >= 4 is 12.9 Å². The van der Waals surface area contributed by atoms with Crippen LogP contribution in [0.2, 0.25) is 0 Å². The molecule has 1 unspecified atom stereocenters. The molecule has 0 radical (unpaired) electrons. The normalized spacial score (nSPS) is 24.6. The topological polar surface area (TPSA) is 111 Å². The number of aliphatic hydroxyl groups is 1. The molecule has 4 rings (SSSR count). The minimum atomic E-state index is -0.250. The number of carboxylic acid groups (broad SMARTS) is 2. The van der Waals surface area contributed by atoms with E-state index >= 15 is 0 Å². The van der Waals surface area contributed by atoms with E-state index < -0.39 is 0 Å². The third-order valence-electron chi connectivity index (χ3n) is 6.74. The molecule has 33 heavy (non-hydrogen) atoms. The molecule has 2 heterocycles. The molecule has 2 saturated heterocycles. The van der Waals surface area contributed by atoms with E-state index in [4.69, 9.17) is 24.5 Å². The summed E-state index contributed by atoms with van der Waals surface area (Å²) >= 11 is 0. The van der Waals surface area contributed by atoms with Crippen LogP contribution in [0.5, 0.6) is 5.75 Å². The predicted octanol–water partition coefficient (Wildman–Crippen LogP) is 2.94. The lowest BCUT2D eigenvalue weighted by molar-refractivity contribution is -0.123. The standard InChI is InChI=1S/C23H36N2O2.2CH2O2/c26-22-14-20-17-25(18-21(20)15-22)16-19-8-2-3-9-23(19)27-13-7-6-12-24-10-4-1-5-11-24;2*2-1-3/h2-3,8-9,20-22,26H,1,4-7,10-18H2;2*1H,(H,2,3)/t20-,21+,22?;;. The van der Waals surface area contributed by atoms with E-state index in [2.05, 4.69) is 34.1 Å². The number of unbranched alkanes of at least 4 members (excludes halogenated alkanes) is 1. The van der Waals surface area contributed by atoms with Crippen LogP contribution >= 0.6 is 0 Å². The molecule has 3 N–H and O–H groups in total. The van der Waals surface area contributed by atoms with Gasteiger partial charge in [0, 0.05) is 25.2 Å². The Morgan fingerprint density at radius 1 is 0.909 bits per heavy atom. The maximum Gasteiger partial charge on any atom is 0.290 e. The molecule has 0 aromatic heterocycles. The molecule has 3 fully saturated rings. The number of benzene rings is 1. The first-order chi connectivity index (χ1) is 16.1. The SMILES string of the molecule is O=CO.O=CO.OC1C[C@@H]2CN(Cc3ccccc3OCCCCN3CCCCC3)C[C@@H]2C1. The Bertz CT molecular complexity index is 663. The van der Waals surface area contributed by atoms with Crippen LogP contribution in [0.25, 0.3) is 0 Å². The van der Waals surface area contributed by atoms with Crippen molar-refractivity contribution in [3.05, 3.63) is 29.8 Å². The van der Waals surface area contributed by atoms with Gasteiger partial charge in [-0.3, -0.25) is 14.5 Å². The Morgan fingerprint density at radius 3 is 2.15 bits per heavy atom. The number of fused-ring (bicyclic) bond motifs is 1. The van der Waals surface area contributed by atoms with Crippen molar-refractivity contribution in [2.75, 3.05) is 39.3 Å². The van der Waals surface area contributed by atoms with Gasteiger partial charge in [0.15, 0.2) is 0 Å². The van der Waals surface area contributed by atoms with Gasteiger partial charge in [0.05, 0.1) is 12.7 Å². The number of ether oxygens (including phenoxy) is 1. The molecular formula is C25H40N2O6. The first kappa shape index (κ1) is 27.1. The summed E-state index contributed by atoms with van der Waals surface area (Å²) in [6.07, 6.45) is 8.48. The molecule has 3 aliphatic rings. The van der Waals surface area contributed by atoms with Crippen LogP contribution < -0.4 is 4.74 Å². The predicted molar refractivity (Wildman–Crippen MR) is 126 cm³/mol. The van der Waals surface area contributed by atoms with Gasteiger partial charge in [0.2, 0.25) is 0 Å². The number of likely N-dealkylation sites (tertiary alicyclic amines) is 2. The minimum Gasteiger partial charge on any atom is -0.493 e. The molecule has 8 nitrogen and oxygen atoms in total. The highest BCUT2D eigenvalue weighted by molar-refractivity contribution is 5.33. The summed E-state index contributed by atoms with van der Waals surface area (Å²) in [5.41, 5.74) is 1.31. The van der Waals surface area contributed by atoms with Crippen LogP contribution in [0.15, 0.2) is 24.3 Å². The van der Waals surface area contributed by atoms with E-state index in [1.54, 1.807) is 0 Å². The zero-order valence-corrected chi connectivity index (χ0v) is 19.6. The zero-order chi connectivity index (χ0) is 23.9. The summed E-state index contributed by atoms with van der Waals surface area (Å²) in [4.78, 5) is 21.9. The molecule has 186 valence electrons. The molecule has 0 spiro atoms. The van der Waals surface area contributed by atoms with Gasteiger partial charge in [-0.15, -0.1) is 0 Å². The monoisotopic (exact) mass is 464 g/mol. The van der Waals surface area contributed by atoms with Crippen LogP contribution in [0.4, 0.5) is 0 Å². The first-order valence-electron chi connectivity index (χ1n) is 12.1. The maximum absolute atomic E-state index is 9.84. The fourth-order valence-corrected chi connectivity index (χ4v) is 5.31. The average Bonchev–Trinajstić information content (AvgIpc) is 3.33.